The van der Waals surface area contributed by atoms with E-state index in [0.29, 0.717) is 22.5 Å². The average Bonchev–Trinajstić information content (AvgIpc) is 2.46. The van der Waals surface area contributed by atoms with Crippen molar-refractivity contribution in [2.45, 2.75) is 6.92 Å². The van der Waals surface area contributed by atoms with Crippen molar-refractivity contribution in [3.63, 3.8) is 0 Å². The Kier molecular flexibility index (Phi) is 4.13. The van der Waals surface area contributed by atoms with Crippen LogP contribution in [0.15, 0.2) is 36.7 Å². The number of nitrogens with zero attached hydrogens (tertiary/aromatic N) is 2. The minimum Gasteiger partial charge on any atom is -0.387 e. The summed E-state index contributed by atoms with van der Waals surface area (Å²) in [6.07, 6.45) is 3.04. The molecule has 0 radical (unpaired) electrons. The number of carbonyl (C=O) groups is 1. The third-order valence-electron chi connectivity index (χ3n) is 2.99. The van der Waals surface area contributed by atoms with E-state index in [1.807, 2.05) is 0 Å². The van der Waals surface area contributed by atoms with Crippen molar-refractivity contribution in [3.8, 4) is 0 Å². The summed E-state index contributed by atoms with van der Waals surface area (Å²) in [6.45, 7) is 1.62. The normalized spacial score (nSPS) is 10.0. The molecule has 0 spiro atoms. The molecule has 2 aromatic rings. The van der Waals surface area contributed by atoms with E-state index in [0.717, 1.165) is 0 Å². The van der Waals surface area contributed by atoms with Crippen LogP contribution in [0.3, 0.4) is 0 Å². The van der Waals surface area contributed by atoms with Crippen LogP contribution < -0.4 is 10.6 Å². The molecular weight excluding hydrogens is 272 g/mol. The molecule has 21 heavy (non-hydrogen) atoms. The van der Waals surface area contributed by atoms with Crippen molar-refractivity contribution in [1.82, 2.24) is 4.98 Å². The molecule has 108 valence electrons. The van der Waals surface area contributed by atoms with Gasteiger partial charge in [-0.3, -0.25) is 19.9 Å². The Morgan fingerprint density at radius 3 is 2.71 bits per heavy atom. The van der Waals surface area contributed by atoms with Gasteiger partial charge in [-0.05, 0) is 25.1 Å². The van der Waals surface area contributed by atoms with Crippen LogP contribution in [0.4, 0.5) is 17.1 Å². The molecule has 1 aromatic carbocycles. The smallest absolute Gasteiger partial charge is 0.272 e. The Balaban J connectivity index is 2.24. The monoisotopic (exact) mass is 286 g/mol. The summed E-state index contributed by atoms with van der Waals surface area (Å²) in [4.78, 5) is 26.4. The SMILES string of the molecule is CNc1ccncc1C(=O)Nc1ccc([N+](=O)[O-])c(C)c1. The molecule has 1 aromatic heterocycles. The second-order valence-corrected chi connectivity index (χ2v) is 4.38. The van der Waals surface area contributed by atoms with Gasteiger partial charge in [-0.1, -0.05) is 0 Å². The summed E-state index contributed by atoms with van der Waals surface area (Å²) in [5.74, 6) is -0.333. The lowest BCUT2D eigenvalue weighted by atomic mass is 10.1. The summed E-state index contributed by atoms with van der Waals surface area (Å²) < 4.78 is 0. The molecule has 0 aliphatic carbocycles. The lowest BCUT2D eigenvalue weighted by Crippen LogP contribution is -2.14. The molecule has 0 bridgehead atoms. The third-order valence-corrected chi connectivity index (χ3v) is 2.99. The standard InChI is InChI=1S/C14H14N4O3/c1-9-7-10(3-4-13(9)18(20)21)17-14(19)11-8-16-6-5-12(11)15-2/h3-8H,1-2H3,(H,15,16)(H,17,19). The maximum atomic E-state index is 12.2. The number of pyridine rings is 1. The number of rotatable bonds is 4. The van der Waals surface area contributed by atoms with Gasteiger partial charge in [-0.2, -0.15) is 0 Å². The summed E-state index contributed by atoms with van der Waals surface area (Å²) in [5, 5.41) is 16.4. The number of amides is 1. The minimum atomic E-state index is -0.457. The Morgan fingerprint density at radius 2 is 2.10 bits per heavy atom. The Bertz CT molecular complexity index is 700. The van der Waals surface area contributed by atoms with Crippen molar-refractivity contribution < 1.29 is 9.72 Å². The molecule has 0 fully saturated rings. The molecule has 0 saturated heterocycles. The van der Waals surface area contributed by atoms with Crippen LogP contribution in [-0.2, 0) is 0 Å². The number of benzene rings is 1. The zero-order chi connectivity index (χ0) is 15.4. The van der Waals surface area contributed by atoms with Crippen molar-refractivity contribution in [1.29, 1.82) is 0 Å². The Morgan fingerprint density at radius 1 is 1.33 bits per heavy atom. The predicted molar refractivity (Wildman–Crippen MR) is 79.6 cm³/mol. The lowest BCUT2D eigenvalue weighted by molar-refractivity contribution is -0.385. The van der Waals surface area contributed by atoms with Gasteiger partial charge >= 0.3 is 0 Å². The van der Waals surface area contributed by atoms with Gasteiger partial charge < -0.3 is 10.6 Å². The molecule has 1 heterocycles. The van der Waals surface area contributed by atoms with E-state index in [4.69, 9.17) is 0 Å². The number of hydrogen-bond donors (Lipinski definition) is 2. The first-order chi connectivity index (χ1) is 10.0. The fraction of sp³-hybridized carbons (Fsp3) is 0.143. The molecule has 1 amide bonds. The average molecular weight is 286 g/mol. The van der Waals surface area contributed by atoms with E-state index < -0.39 is 4.92 Å². The fourth-order valence-electron chi connectivity index (χ4n) is 1.93. The first-order valence-corrected chi connectivity index (χ1v) is 6.21. The van der Waals surface area contributed by atoms with E-state index in [1.54, 1.807) is 32.3 Å². The molecular formula is C14H14N4O3. The van der Waals surface area contributed by atoms with Crippen LogP contribution in [0.5, 0.6) is 0 Å². The quantitative estimate of drug-likeness (QED) is 0.665. The highest BCUT2D eigenvalue weighted by atomic mass is 16.6. The van der Waals surface area contributed by atoms with Gasteiger partial charge in [0, 0.05) is 42.4 Å². The highest BCUT2D eigenvalue weighted by Gasteiger charge is 2.14. The minimum absolute atomic E-state index is 0.0188. The van der Waals surface area contributed by atoms with Crippen molar-refractivity contribution in [3.05, 3.63) is 57.9 Å². The first-order valence-electron chi connectivity index (χ1n) is 6.21. The fourth-order valence-corrected chi connectivity index (χ4v) is 1.93. The molecule has 0 unspecified atom stereocenters. The number of aryl methyl sites for hydroxylation is 1. The summed E-state index contributed by atoms with van der Waals surface area (Å²) in [5.41, 5.74) is 2.05. The van der Waals surface area contributed by atoms with Gasteiger partial charge in [-0.25, -0.2) is 0 Å². The number of aromatic nitrogens is 1. The summed E-state index contributed by atoms with van der Waals surface area (Å²) in [7, 11) is 1.71. The zero-order valence-electron chi connectivity index (χ0n) is 11.6. The largest absolute Gasteiger partial charge is 0.387 e. The van der Waals surface area contributed by atoms with Crippen LogP contribution in [-0.4, -0.2) is 22.9 Å². The van der Waals surface area contributed by atoms with Crippen molar-refractivity contribution in [2.24, 2.45) is 0 Å². The van der Waals surface area contributed by atoms with Gasteiger partial charge in [0.1, 0.15) is 0 Å². The maximum absolute atomic E-state index is 12.2. The van der Waals surface area contributed by atoms with E-state index in [1.165, 1.54) is 18.3 Å². The van der Waals surface area contributed by atoms with Gasteiger partial charge in [0.2, 0.25) is 0 Å². The highest BCUT2D eigenvalue weighted by molar-refractivity contribution is 6.07. The Labute approximate surface area is 121 Å². The molecule has 2 rings (SSSR count). The molecule has 7 heteroatoms. The Hall–Kier alpha value is -2.96. The molecule has 0 saturated carbocycles. The van der Waals surface area contributed by atoms with Crippen molar-refractivity contribution in [2.75, 3.05) is 17.7 Å². The van der Waals surface area contributed by atoms with Crippen molar-refractivity contribution >= 4 is 23.0 Å². The zero-order valence-corrected chi connectivity index (χ0v) is 11.6. The second kappa shape index (κ2) is 6.00. The van der Waals surface area contributed by atoms with Gasteiger partial charge in [-0.15, -0.1) is 0 Å². The molecule has 7 nitrogen and oxygen atoms in total. The second-order valence-electron chi connectivity index (χ2n) is 4.38. The van der Waals surface area contributed by atoms with E-state index in [9.17, 15) is 14.9 Å². The number of carbonyl (C=O) groups excluding carboxylic acids is 1. The van der Waals surface area contributed by atoms with Gasteiger partial charge in [0.15, 0.2) is 0 Å². The van der Waals surface area contributed by atoms with E-state index in [2.05, 4.69) is 15.6 Å². The van der Waals surface area contributed by atoms with Gasteiger partial charge in [0.25, 0.3) is 11.6 Å². The van der Waals surface area contributed by atoms with Crippen LogP contribution in [0, 0.1) is 17.0 Å². The predicted octanol–water partition coefficient (Wildman–Crippen LogP) is 2.59. The summed E-state index contributed by atoms with van der Waals surface area (Å²) >= 11 is 0. The molecule has 2 N–H and O–H groups in total. The third kappa shape index (κ3) is 3.14. The highest BCUT2D eigenvalue weighted by Crippen LogP contribution is 2.22. The van der Waals surface area contributed by atoms with Crippen LogP contribution in [0.1, 0.15) is 15.9 Å². The number of hydrogen-bond acceptors (Lipinski definition) is 5. The number of nitro benzene ring substituents is 1. The molecule has 0 aliphatic rings. The lowest BCUT2D eigenvalue weighted by Gasteiger charge is -2.09. The summed E-state index contributed by atoms with van der Waals surface area (Å²) in [6, 6.07) is 6.12. The maximum Gasteiger partial charge on any atom is 0.272 e. The van der Waals surface area contributed by atoms with Crippen LogP contribution in [0.2, 0.25) is 0 Å². The number of nitro groups is 1. The van der Waals surface area contributed by atoms with E-state index in [-0.39, 0.29) is 11.6 Å². The number of nitrogens with one attached hydrogen (secondary N) is 2. The van der Waals surface area contributed by atoms with E-state index >= 15 is 0 Å². The topological polar surface area (TPSA) is 97.2 Å². The van der Waals surface area contributed by atoms with Crippen LogP contribution >= 0.6 is 0 Å². The molecule has 0 atom stereocenters. The number of anilines is 2. The van der Waals surface area contributed by atoms with Crippen LogP contribution in [0.25, 0.3) is 0 Å². The first kappa shape index (κ1) is 14.4. The van der Waals surface area contributed by atoms with Gasteiger partial charge in [0.05, 0.1) is 10.5 Å². The molecule has 0 aliphatic heterocycles.